The van der Waals surface area contributed by atoms with Crippen molar-refractivity contribution < 1.29 is 0 Å². The first-order valence-corrected chi connectivity index (χ1v) is 10.5. The van der Waals surface area contributed by atoms with Crippen LogP contribution in [-0.4, -0.2) is 30.2 Å². The number of likely N-dealkylation sites (N-methyl/N-ethyl adjacent to an activating group) is 1. The molecule has 2 aliphatic heterocycles. The highest BCUT2D eigenvalue weighted by Gasteiger charge is 2.25. The summed E-state index contributed by atoms with van der Waals surface area (Å²) in [5.41, 5.74) is 5.54. The molecule has 0 fully saturated rings. The first-order chi connectivity index (χ1) is 15.3. The Bertz CT molecular complexity index is 1170. The zero-order valence-corrected chi connectivity index (χ0v) is 17.4. The van der Waals surface area contributed by atoms with Crippen LogP contribution < -0.4 is 5.32 Å². The molecule has 0 aliphatic carbocycles. The molecule has 0 spiro atoms. The van der Waals surface area contributed by atoms with Gasteiger partial charge < -0.3 is 10.2 Å². The van der Waals surface area contributed by atoms with E-state index >= 15 is 0 Å². The molecule has 31 heavy (non-hydrogen) atoms. The second kappa shape index (κ2) is 8.44. The molecule has 2 heterocycles. The van der Waals surface area contributed by atoms with E-state index in [0.717, 1.165) is 40.6 Å². The molecule has 0 saturated carbocycles. The lowest BCUT2D eigenvalue weighted by atomic mass is 9.97. The van der Waals surface area contributed by atoms with Gasteiger partial charge in [-0.15, -0.1) is 0 Å². The van der Waals surface area contributed by atoms with E-state index in [2.05, 4.69) is 101 Å². The summed E-state index contributed by atoms with van der Waals surface area (Å²) in [6, 6.07) is 29.5. The maximum Gasteiger partial charge on any atom is 0.137 e. The predicted octanol–water partition coefficient (Wildman–Crippen LogP) is 5.02. The van der Waals surface area contributed by atoms with Crippen LogP contribution in [0.15, 0.2) is 113 Å². The van der Waals surface area contributed by atoms with E-state index in [1.165, 1.54) is 5.56 Å². The van der Waals surface area contributed by atoms with Crippen molar-refractivity contribution in [3.63, 3.8) is 0 Å². The average molecular weight is 405 g/mol. The van der Waals surface area contributed by atoms with Gasteiger partial charge in [-0.1, -0.05) is 84.9 Å². The molecule has 0 amide bonds. The minimum absolute atomic E-state index is 0.0816. The summed E-state index contributed by atoms with van der Waals surface area (Å²) in [5, 5.41) is 3.23. The number of nitrogens with zero attached hydrogens (tertiary/aromatic N) is 3. The fraction of sp³-hybridized carbons (Fsp3) is 0.111. The topological polar surface area (TPSA) is 40.0 Å². The molecule has 0 aromatic heterocycles. The Morgan fingerprint density at radius 3 is 2.13 bits per heavy atom. The summed E-state index contributed by atoms with van der Waals surface area (Å²) in [6.45, 7) is 0.718. The Morgan fingerprint density at radius 2 is 1.48 bits per heavy atom. The van der Waals surface area contributed by atoms with Crippen molar-refractivity contribution >= 4 is 17.4 Å². The number of rotatable bonds is 4. The molecule has 1 atom stereocenters. The van der Waals surface area contributed by atoms with Crippen LogP contribution in [0.5, 0.6) is 0 Å². The SMILES string of the molecule is CN1C(c2ccccc2)=NC(c2ccccc2)=CC1c1ccc(C2=NCC=CN2)cc1. The third-order valence-electron chi connectivity index (χ3n) is 5.61. The largest absolute Gasteiger partial charge is 0.349 e. The molecule has 1 N–H and O–H groups in total. The number of aliphatic imine (C=N–C) groups is 2. The third-order valence-corrected chi connectivity index (χ3v) is 5.61. The van der Waals surface area contributed by atoms with Gasteiger partial charge in [0.15, 0.2) is 0 Å². The third kappa shape index (κ3) is 3.92. The van der Waals surface area contributed by atoms with E-state index in [1.54, 1.807) is 0 Å². The number of hydrogen-bond donors (Lipinski definition) is 1. The highest BCUT2D eigenvalue weighted by Crippen LogP contribution is 2.33. The van der Waals surface area contributed by atoms with Crippen LogP contribution in [0, 0.1) is 0 Å². The Kier molecular flexibility index (Phi) is 5.19. The summed E-state index contributed by atoms with van der Waals surface area (Å²) in [5.74, 6) is 1.89. The number of benzene rings is 3. The zero-order chi connectivity index (χ0) is 21.0. The second-order valence-electron chi connectivity index (χ2n) is 7.63. The van der Waals surface area contributed by atoms with Crippen molar-refractivity contribution in [3.8, 4) is 0 Å². The Morgan fingerprint density at radius 1 is 0.806 bits per heavy atom. The van der Waals surface area contributed by atoms with Gasteiger partial charge in [0.2, 0.25) is 0 Å². The molecule has 0 radical (unpaired) electrons. The molecular weight excluding hydrogens is 380 g/mol. The minimum Gasteiger partial charge on any atom is -0.349 e. The molecule has 5 rings (SSSR count). The maximum atomic E-state index is 5.04. The maximum absolute atomic E-state index is 5.04. The van der Waals surface area contributed by atoms with Crippen molar-refractivity contribution in [2.75, 3.05) is 13.6 Å². The van der Waals surface area contributed by atoms with Crippen molar-refractivity contribution in [1.29, 1.82) is 0 Å². The Labute approximate surface area is 183 Å². The number of amidine groups is 2. The van der Waals surface area contributed by atoms with E-state index in [4.69, 9.17) is 4.99 Å². The van der Waals surface area contributed by atoms with Crippen LogP contribution in [0.3, 0.4) is 0 Å². The van der Waals surface area contributed by atoms with Crippen LogP contribution in [0.1, 0.15) is 28.3 Å². The lowest BCUT2D eigenvalue weighted by Gasteiger charge is -2.33. The molecule has 3 aromatic rings. The fourth-order valence-corrected chi connectivity index (χ4v) is 3.96. The monoisotopic (exact) mass is 404 g/mol. The van der Waals surface area contributed by atoms with Gasteiger partial charge >= 0.3 is 0 Å². The van der Waals surface area contributed by atoms with Crippen LogP contribution in [0.25, 0.3) is 5.70 Å². The molecule has 0 bridgehead atoms. The van der Waals surface area contributed by atoms with Crippen LogP contribution in [0.4, 0.5) is 0 Å². The summed E-state index contributed by atoms with van der Waals surface area (Å²) in [4.78, 5) is 11.8. The summed E-state index contributed by atoms with van der Waals surface area (Å²) in [6.07, 6.45) is 6.20. The van der Waals surface area contributed by atoms with E-state index in [-0.39, 0.29) is 6.04 Å². The van der Waals surface area contributed by atoms with E-state index < -0.39 is 0 Å². The van der Waals surface area contributed by atoms with Gasteiger partial charge in [0.05, 0.1) is 18.3 Å². The van der Waals surface area contributed by atoms with Gasteiger partial charge in [-0.2, -0.15) is 0 Å². The molecule has 3 aromatic carbocycles. The Hall–Kier alpha value is -3.92. The smallest absolute Gasteiger partial charge is 0.137 e. The second-order valence-corrected chi connectivity index (χ2v) is 7.63. The molecule has 4 heteroatoms. The lowest BCUT2D eigenvalue weighted by molar-refractivity contribution is 0.435. The van der Waals surface area contributed by atoms with Gasteiger partial charge in [-0.25, -0.2) is 4.99 Å². The number of nitrogens with one attached hydrogen (secondary N) is 1. The van der Waals surface area contributed by atoms with Gasteiger partial charge in [-0.05, 0) is 23.3 Å². The number of hydrogen-bond acceptors (Lipinski definition) is 4. The standard InChI is InChI=1S/C27H24N4/c1-31-25(21-13-15-22(16-14-21)26-28-17-8-18-29-26)19-24(20-9-4-2-5-10-20)30-27(31)23-11-6-3-7-12-23/h2-17,19,25H,18H2,1H3,(H,28,29). The highest BCUT2D eigenvalue weighted by molar-refractivity contribution is 6.03. The van der Waals surface area contributed by atoms with Crippen molar-refractivity contribution in [2.24, 2.45) is 9.98 Å². The van der Waals surface area contributed by atoms with Crippen molar-refractivity contribution in [3.05, 3.63) is 126 Å². The average Bonchev–Trinajstić information content (AvgIpc) is 2.86. The first-order valence-electron chi connectivity index (χ1n) is 10.5. The summed E-state index contributed by atoms with van der Waals surface area (Å²) in [7, 11) is 2.11. The van der Waals surface area contributed by atoms with Crippen LogP contribution in [0.2, 0.25) is 0 Å². The zero-order valence-electron chi connectivity index (χ0n) is 17.4. The quantitative estimate of drug-likeness (QED) is 0.663. The molecular formula is C27H24N4. The van der Waals surface area contributed by atoms with Crippen LogP contribution >= 0.6 is 0 Å². The van der Waals surface area contributed by atoms with Crippen molar-refractivity contribution in [2.45, 2.75) is 6.04 Å². The van der Waals surface area contributed by atoms with Gasteiger partial charge in [-0.3, -0.25) is 4.99 Å². The van der Waals surface area contributed by atoms with Gasteiger partial charge in [0.25, 0.3) is 0 Å². The minimum atomic E-state index is 0.0816. The van der Waals surface area contributed by atoms with Crippen molar-refractivity contribution in [1.82, 2.24) is 10.2 Å². The van der Waals surface area contributed by atoms with Gasteiger partial charge in [0, 0.05) is 24.4 Å². The van der Waals surface area contributed by atoms with E-state index in [1.807, 2.05) is 24.4 Å². The molecule has 4 nitrogen and oxygen atoms in total. The van der Waals surface area contributed by atoms with Gasteiger partial charge in [0.1, 0.15) is 11.7 Å². The molecule has 2 aliphatic rings. The molecule has 1 unspecified atom stereocenters. The highest BCUT2D eigenvalue weighted by atomic mass is 15.2. The summed E-state index contributed by atoms with van der Waals surface area (Å²) < 4.78 is 0. The van der Waals surface area contributed by atoms with E-state index in [9.17, 15) is 0 Å². The molecule has 0 saturated heterocycles. The Balaban J connectivity index is 1.53. The predicted molar refractivity (Wildman–Crippen MR) is 128 cm³/mol. The van der Waals surface area contributed by atoms with Crippen LogP contribution in [-0.2, 0) is 0 Å². The lowest BCUT2D eigenvalue weighted by Crippen LogP contribution is -2.33. The fourth-order valence-electron chi connectivity index (χ4n) is 3.96. The molecule has 152 valence electrons. The van der Waals surface area contributed by atoms with E-state index in [0.29, 0.717) is 0 Å². The first kappa shape index (κ1) is 19.1. The normalized spacial score (nSPS) is 18.0. The summed E-state index contributed by atoms with van der Waals surface area (Å²) >= 11 is 0.